The van der Waals surface area contributed by atoms with Crippen molar-refractivity contribution in [3.05, 3.63) is 185 Å². The van der Waals surface area contributed by atoms with Gasteiger partial charge < -0.3 is 19.3 Å². The van der Waals surface area contributed by atoms with Crippen LogP contribution in [0.15, 0.2) is 162 Å². The Labute approximate surface area is 379 Å². The predicted octanol–water partition coefficient (Wildman–Crippen LogP) is 7.93. The third-order valence-electron chi connectivity index (χ3n) is 9.72. The Morgan fingerprint density at radius 2 is 0.828 bits per heavy atom. The smallest absolute Gasteiger partial charge is 0.329 e. The quantitative estimate of drug-likeness (QED) is 0.0694. The van der Waals surface area contributed by atoms with Crippen LogP contribution in [0.2, 0.25) is 0 Å². The first-order chi connectivity index (χ1) is 31.1. The number of esters is 2. The van der Waals surface area contributed by atoms with E-state index in [0.29, 0.717) is 64.5 Å². The second-order valence-electron chi connectivity index (χ2n) is 14.1. The van der Waals surface area contributed by atoms with Gasteiger partial charge in [0.25, 0.3) is 11.8 Å². The SMILES string of the molecule is C=C.C=C.C=C.C=C.CC(=O)C(=O)N1CCC[C@H]1C(=O)OC(Cc1ccccc1)Cc1cccnc1.CC(=O)C(=O)N1CCC[C@H]1C(=O)OC(Cc1ccccc1)Cc1cccnc1. The fourth-order valence-corrected chi connectivity index (χ4v) is 7.03. The average molecular weight is 873 g/mol. The lowest BCUT2D eigenvalue weighted by atomic mass is 10.0. The molecule has 2 aromatic heterocycles. The molecule has 2 unspecified atom stereocenters. The van der Waals surface area contributed by atoms with E-state index in [1.54, 1.807) is 24.8 Å². The molecule has 6 rings (SSSR count). The standard InChI is InChI=1S/2C22H24N2O4.4C2H4/c2*1-16(25)21(26)24-12-6-10-20(24)22(27)28-19(13-17-7-3-2-4-8-17)14-18-9-5-11-23-15-18;4*1-2/h2*2-5,7-9,11,15,19-20H,6,10,12-14H2,1H3;4*1-2H2/t2*19?,20-;;;;/m00..../s1. The number of benzene rings is 2. The molecule has 2 amide bonds. The summed E-state index contributed by atoms with van der Waals surface area (Å²) >= 11 is 0. The van der Waals surface area contributed by atoms with E-state index < -0.39 is 47.4 Å². The number of ketones is 2. The van der Waals surface area contributed by atoms with Crippen molar-refractivity contribution < 1.29 is 38.2 Å². The Morgan fingerprint density at radius 1 is 0.516 bits per heavy atom. The highest BCUT2D eigenvalue weighted by atomic mass is 16.5. The minimum atomic E-state index is -0.691. The number of pyridine rings is 2. The summed E-state index contributed by atoms with van der Waals surface area (Å²) in [7, 11) is 0. The van der Waals surface area contributed by atoms with E-state index in [2.05, 4.69) is 62.6 Å². The number of hydrogen-bond donors (Lipinski definition) is 0. The first-order valence-corrected chi connectivity index (χ1v) is 21.0. The molecule has 2 fully saturated rings. The molecule has 0 N–H and O–H groups in total. The van der Waals surface area contributed by atoms with Crippen LogP contribution in [-0.4, -0.2) is 92.5 Å². The largest absolute Gasteiger partial charge is 0.460 e. The number of aromatic nitrogens is 2. The van der Waals surface area contributed by atoms with E-state index >= 15 is 0 Å². The molecule has 0 bridgehead atoms. The number of nitrogens with zero attached hydrogens (tertiary/aromatic N) is 4. The summed E-state index contributed by atoms with van der Waals surface area (Å²) in [6.45, 7) is 27.3. The summed E-state index contributed by atoms with van der Waals surface area (Å²) in [6, 6.07) is 25.8. The maximum atomic E-state index is 12.8. The van der Waals surface area contributed by atoms with Gasteiger partial charge in [0.1, 0.15) is 24.3 Å². The van der Waals surface area contributed by atoms with Crippen LogP contribution in [0.1, 0.15) is 61.8 Å². The molecule has 4 aromatic rings. The molecule has 64 heavy (non-hydrogen) atoms. The number of likely N-dealkylation sites (tertiary alicyclic amines) is 2. The van der Waals surface area contributed by atoms with Gasteiger partial charge in [0.15, 0.2) is 0 Å². The number of carbonyl (C=O) groups excluding carboxylic acids is 6. The highest BCUT2D eigenvalue weighted by Crippen LogP contribution is 2.23. The Balaban J connectivity index is 0.000000554. The molecule has 4 atom stereocenters. The second-order valence-corrected chi connectivity index (χ2v) is 14.1. The average Bonchev–Trinajstić information content (AvgIpc) is 4.04. The van der Waals surface area contributed by atoms with Gasteiger partial charge in [-0.3, -0.25) is 29.1 Å². The molecule has 2 saturated heterocycles. The second kappa shape index (κ2) is 31.7. The van der Waals surface area contributed by atoms with Crippen molar-refractivity contribution in [3.8, 4) is 0 Å². The monoisotopic (exact) mass is 872 g/mol. The van der Waals surface area contributed by atoms with Crippen LogP contribution in [0, 0.1) is 0 Å². The van der Waals surface area contributed by atoms with Crippen LogP contribution >= 0.6 is 0 Å². The molecular formula is C52H64N4O8. The fourth-order valence-electron chi connectivity index (χ4n) is 7.03. The Bertz CT molecular complexity index is 1770. The van der Waals surface area contributed by atoms with Crippen molar-refractivity contribution in [2.75, 3.05) is 13.1 Å². The van der Waals surface area contributed by atoms with Crippen molar-refractivity contribution in [3.63, 3.8) is 0 Å². The van der Waals surface area contributed by atoms with Gasteiger partial charge in [-0.2, -0.15) is 0 Å². The van der Waals surface area contributed by atoms with Gasteiger partial charge in [-0.15, -0.1) is 52.6 Å². The summed E-state index contributed by atoms with van der Waals surface area (Å²) in [5.41, 5.74) is 4.07. The Morgan fingerprint density at radius 3 is 1.12 bits per heavy atom. The first-order valence-electron chi connectivity index (χ1n) is 21.0. The van der Waals surface area contributed by atoms with Gasteiger partial charge in [0, 0.05) is 77.4 Å². The molecule has 2 aromatic carbocycles. The van der Waals surface area contributed by atoms with Crippen LogP contribution in [0.3, 0.4) is 0 Å². The highest BCUT2D eigenvalue weighted by Gasteiger charge is 2.39. The maximum absolute atomic E-state index is 12.8. The Kier molecular flexibility index (Phi) is 27.2. The molecule has 0 radical (unpaired) electrons. The topological polar surface area (TPSA) is 153 Å². The van der Waals surface area contributed by atoms with Crippen LogP contribution in [0.5, 0.6) is 0 Å². The number of Topliss-reactive ketones (excluding diaryl/α,β-unsaturated/α-hetero) is 2. The first kappa shape index (κ1) is 54.9. The van der Waals surface area contributed by atoms with Crippen molar-refractivity contribution in [2.45, 2.75) is 89.5 Å². The lowest BCUT2D eigenvalue weighted by Crippen LogP contribution is -2.45. The van der Waals surface area contributed by atoms with Crippen molar-refractivity contribution in [2.24, 2.45) is 0 Å². The number of hydrogen-bond acceptors (Lipinski definition) is 10. The van der Waals surface area contributed by atoms with Crippen LogP contribution in [0.25, 0.3) is 0 Å². The van der Waals surface area contributed by atoms with E-state index in [0.717, 1.165) is 22.3 Å². The summed E-state index contributed by atoms with van der Waals surface area (Å²) in [4.78, 5) is 83.7. The third-order valence-corrected chi connectivity index (χ3v) is 9.72. The molecule has 2 aliphatic rings. The van der Waals surface area contributed by atoms with Gasteiger partial charge >= 0.3 is 11.9 Å². The normalized spacial score (nSPS) is 15.3. The summed E-state index contributed by atoms with van der Waals surface area (Å²) < 4.78 is 11.7. The van der Waals surface area contributed by atoms with E-state index in [4.69, 9.17) is 9.47 Å². The predicted molar refractivity (Wildman–Crippen MR) is 252 cm³/mol. The molecule has 0 spiro atoms. The molecule has 340 valence electrons. The zero-order chi connectivity index (χ0) is 47.9. The van der Waals surface area contributed by atoms with Crippen molar-refractivity contribution in [1.29, 1.82) is 0 Å². The van der Waals surface area contributed by atoms with Gasteiger partial charge in [0.05, 0.1) is 0 Å². The number of carbonyl (C=O) groups is 6. The number of rotatable bonds is 14. The minimum absolute atomic E-state index is 0.381. The van der Waals surface area contributed by atoms with Crippen LogP contribution in [0.4, 0.5) is 0 Å². The van der Waals surface area contributed by atoms with Gasteiger partial charge in [0.2, 0.25) is 11.6 Å². The summed E-state index contributed by atoms with van der Waals surface area (Å²) in [5, 5.41) is 0. The van der Waals surface area contributed by atoms with Gasteiger partial charge in [-0.25, -0.2) is 9.59 Å². The lowest BCUT2D eigenvalue weighted by Gasteiger charge is -2.25. The van der Waals surface area contributed by atoms with Gasteiger partial charge in [-0.05, 0) is 60.1 Å². The molecule has 4 heterocycles. The van der Waals surface area contributed by atoms with E-state index in [9.17, 15) is 28.8 Å². The fraction of sp³-hybridized carbons (Fsp3) is 0.308. The van der Waals surface area contributed by atoms with E-state index in [-0.39, 0.29) is 12.2 Å². The summed E-state index contributed by atoms with van der Waals surface area (Å²) in [5.74, 6) is -3.25. The molecule has 0 saturated carbocycles. The van der Waals surface area contributed by atoms with Crippen LogP contribution < -0.4 is 0 Å². The highest BCUT2D eigenvalue weighted by molar-refractivity contribution is 6.36. The maximum Gasteiger partial charge on any atom is 0.329 e. The number of amides is 2. The summed E-state index contributed by atoms with van der Waals surface area (Å²) in [6.07, 6.45) is 10.7. The van der Waals surface area contributed by atoms with Crippen molar-refractivity contribution >= 4 is 35.3 Å². The third kappa shape index (κ3) is 18.5. The van der Waals surface area contributed by atoms with Crippen molar-refractivity contribution in [1.82, 2.24) is 19.8 Å². The minimum Gasteiger partial charge on any atom is -0.460 e. The van der Waals surface area contributed by atoms with Crippen LogP contribution in [-0.2, 0) is 63.9 Å². The molecule has 2 aliphatic heterocycles. The molecule has 12 heteroatoms. The molecule has 12 nitrogen and oxygen atoms in total. The zero-order valence-corrected chi connectivity index (χ0v) is 37.5. The van der Waals surface area contributed by atoms with E-state index in [1.807, 2.05) is 84.9 Å². The number of ether oxygens (including phenoxy) is 2. The van der Waals surface area contributed by atoms with Gasteiger partial charge in [-0.1, -0.05) is 72.8 Å². The zero-order valence-electron chi connectivity index (χ0n) is 37.5. The molecule has 0 aliphatic carbocycles. The van der Waals surface area contributed by atoms with E-state index in [1.165, 1.54) is 23.6 Å². The molecular weight excluding hydrogens is 809 g/mol. The Hall–Kier alpha value is -7.08. The lowest BCUT2D eigenvalue weighted by molar-refractivity contribution is -0.159.